The third-order valence-electron chi connectivity index (χ3n) is 1.33. The maximum Gasteiger partial charge on any atom is 0.436 e. The Balaban J connectivity index is 5.58. The molecule has 0 aliphatic rings. The van der Waals surface area contributed by atoms with E-state index in [0.29, 0.717) is 0 Å². The van der Waals surface area contributed by atoms with Gasteiger partial charge in [0.15, 0.2) is 0 Å². The fourth-order valence-corrected chi connectivity index (χ4v) is 1.29. The largest absolute Gasteiger partial charge is 0.436 e. The number of rotatable bonds is 3. The highest BCUT2D eigenvalue weighted by Crippen LogP contribution is 2.57. The first kappa shape index (κ1) is 19.6. The van der Waals surface area contributed by atoms with Crippen molar-refractivity contribution in [3.63, 3.8) is 0 Å². The summed E-state index contributed by atoms with van der Waals surface area (Å²) < 4.78 is 59.7. The van der Waals surface area contributed by atoms with Crippen molar-refractivity contribution in [1.29, 1.82) is 0 Å². The van der Waals surface area contributed by atoms with E-state index in [1.165, 1.54) is 0 Å². The second kappa shape index (κ2) is 5.44. The molecule has 0 saturated carbocycles. The van der Waals surface area contributed by atoms with Gasteiger partial charge in [0.1, 0.15) is 0 Å². The second-order valence-corrected chi connectivity index (χ2v) is 7.24. The molecular weight excluding hydrogens is 419 g/mol. The van der Waals surface area contributed by atoms with E-state index >= 15 is 0 Å². The SMILES string of the molecule is FC(F)(F)C(Cl)(OC(F)(Cl)C(F)(Cl)Cl)C(Cl)(Cl)Cl. The Morgan fingerprint density at radius 3 is 1.17 bits per heavy atom. The first-order valence-electron chi connectivity index (χ1n) is 3.43. The van der Waals surface area contributed by atoms with Crippen LogP contribution in [0.3, 0.4) is 0 Å². The molecule has 0 spiro atoms. The third kappa shape index (κ3) is 4.07. The molecular formula is C5Cl7F5O. The predicted molar refractivity (Wildman–Crippen MR) is 61.3 cm³/mol. The molecule has 18 heavy (non-hydrogen) atoms. The monoisotopic (exact) mass is 416 g/mol. The molecule has 0 amide bonds. The van der Waals surface area contributed by atoms with Crippen molar-refractivity contribution in [2.45, 2.75) is 24.9 Å². The van der Waals surface area contributed by atoms with E-state index in [4.69, 9.17) is 46.4 Å². The van der Waals surface area contributed by atoms with E-state index in [1.54, 1.807) is 0 Å². The number of hydrogen-bond donors (Lipinski definition) is 0. The second-order valence-electron chi connectivity index (χ2n) is 2.71. The topological polar surface area (TPSA) is 9.23 Å². The van der Waals surface area contributed by atoms with Gasteiger partial charge in [0, 0.05) is 0 Å². The summed E-state index contributed by atoms with van der Waals surface area (Å²) in [6.07, 6.45) is -5.65. The van der Waals surface area contributed by atoms with Crippen molar-refractivity contribution < 1.29 is 26.7 Å². The first-order valence-corrected chi connectivity index (χ1v) is 6.07. The van der Waals surface area contributed by atoms with Crippen LogP contribution in [-0.2, 0) is 4.74 Å². The van der Waals surface area contributed by atoms with Gasteiger partial charge in [-0.15, -0.1) is 0 Å². The molecule has 2 atom stereocenters. The fraction of sp³-hybridized carbons (Fsp3) is 1.00. The van der Waals surface area contributed by atoms with Crippen molar-refractivity contribution in [1.82, 2.24) is 0 Å². The lowest BCUT2D eigenvalue weighted by Crippen LogP contribution is -2.58. The fourth-order valence-electron chi connectivity index (χ4n) is 0.511. The maximum absolute atomic E-state index is 13.3. The van der Waals surface area contributed by atoms with E-state index in [-0.39, 0.29) is 0 Å². The van der Waals surface area contributed by atoms with Crippen molar-refractivity contribution in [2.75, 3.05) is 0 Å². The average molecular weight is 419 g/mol. The number of alkyl halides is 12. The highest BCUT2D eigenvalue weighted by molar-refractivity contribution is 6.71. The lowest BCUT2D eigenvalue weighted by Gasteiger charge is -2.39. The van der Waals surface area contributed by atoms with Crippen molar-refractivity contribution in [3.8, 4) is 0 Å². The standard InChI is InChI=1S/C5Cl7F5O/c6-1(2(7,8)9,5(15,16)17)18-4(12,14)3(10,11)13. The van der Waals surface area contributed by atoms with E-state index < -0.39 is 24.9 Å². The zero-order valence-electron chi connectivity index (χ0n) is 7.44. The van der Waals surface area contributed by atoms with Gasteiger partial charge in [-0.2, -0.15) is 22.0 Å². The van der Waals surface area contributed by atoms with Gasteiger partial charge in [-0.05, 0) is 11.6 Å². The molecule has 0 saturated heterocycles. The normalized spacial score (nSPS) is 21.3. The summed E-state index contributed by atoms with van der Waals surface area (Å²) in [5.41, 5.74) is 0. The molecule has 0 aromatic heterocycles. The Kier molecular flexibility index (Phi) is 5.94. The Morgan fingerprint density at radius 1 is 0.667 bits per heavy atom. The summed E-state index contributed by atoms with van der Waals surface area (Å²) in [5.74, 6) is 0. The lowest BCUT2D eigenvalue weighted by atomic mass is 10.3. The van der Waals surface area contributed by atoms with Gasteiger partial charge in [0.05, 0.1) is 0 Å². The molecule has 0 aliphatic carbocycles. The van der Waals surface area contributed by atoms with Gasteiger partial charge < -0.3 is 0 Å². The van der Waals surface area contributed by atoms with Crippen LogP contribution in [0.25, 0.3) is 0 Å². The smallest absolute Gasteiger partial charge is 0.293 e. The lowest BCUT2D eigenvalue weighted by molar-refractivity contribution is -0.287. The summed E-state index contributed by atoms with van der Waals surface area (Å²) in [4.78, 5) is 0. The highest BCUT2D eigenvalue weighted by Gasteiger charge is 2.72. The summed E-state index contributed by atoms with van der Waals surface area (Å²) >= 11 is 33.2. The minimum atomic E-state index is -5.65. The molecule has 0 N–H and O–H groups in total. The molecule has 0 heterocycles. The number of hydrogen-bond acceptors (Lipinski definition) is 1. The molecule has 0 aliphatic heterocycles. The van der Waals surface area contributed by atoms with Crippen molar-refractivity contribution in [2.24, 2.45) is 0 Å². The van der Waals surface area contributed by atoms with Crippen molar-refractivity contribution >= 4 is 81.2 Å². The van der Waals surface area contributed by atoms with Gasteiger partial charge >= 0.3 is 16.1 Å². The molecule has 0 rings (SSSR count). The molecule has 0 bridgehead atoms. The Hall–Kier alpha value is 1.64. The summed E-state index contributed by atoms with van der Waals surface area (Å²) in [6.45, 7) is 0. The summed E-state index contributed by atoms with van der Waals surface area (Å²) in [6, 6.07) is 0. The molecule has 0 fully saturated rings. The highest BCUT2D eigenvalue weighted by atomic mass is 35.6. The third-order valence-corrected chi connectivity index (χ3v) is 4.01. The number of ether oxygens (including phenoxy) is 1. The predicted octanol–water partition coefficient (Wildman–Crippen LogP) is 5.83. The summed E-state index contributed by atoms with van der Waals surface area (Å²) in [7, 11) is 0. The number of halogens is 12. The summed E-state index contributed by atoms with van der Waals surface area (Å²) in [5, 5.41) is -8.76. The van der Waals surface area contributed by atoms with Crippen LogP contribution in [0.1, 0.15) is 0 Å². The van der Waals surface area contributed by atoms with Gasteiger partial charge in [0.2, 0.25) is 3.79 Å². The van der Waals surface area contributed by atoms with Crippen LogP contribution in [-0.4, -0.2) is 24.9 Å². The van der Waals surface area contributed by atoms with Crippen LogP contribution in [0.5, 0.6) is 0 Å². The van der Waals surface area contributed by atoms with Crippen molar-refractivity contribution in [3.05, 3.63) is 0 Å². The van der Waals surface area contributed by atoms with Gasteiger partial charge in [-0.3, -0.25) is 4.74 Å². The molecule has 0 radical (unpaired) electrons. The van der Waals surface area contributed by atoms with Crippen LogP contribution in [0.4, 0.5) is 22.0 Å². The minimum Gasteiger partial charge on any atom is -0.293 e. The zero-order chi connectivity index (χ0) is 15.2. The minimum absolute atomic E-state index is 3.42. The van der Waals surface area contributed by atoms with Gasteiger partial charge in [0.25, 0.3) is 5.06 Å². The maximum atomic E-state index is 13.3. The van der Waals surface area contributed by atoms with Crippen LogP contribution in [0.2, 0.25) is 0 Å². The zero-order valence-corrected chi connectivity index (χ0v) is 12.7. The molecule has 1 nitrogen and oxygen atoms in total. The molecule has 2 unspecified atom stereocenters. The Bertz CT molecular complexity index is 291. The van der Waals surface area contributed by atoms with Crippen LogP contribution < -0.4 is 0 Å². The van der Waals surface area contributed by atoms with Gasteiger partial charge in [-0.1, -0.05) is 69.6 Å². The average Bonchev–Trinajstić information content (AvgIpc) is 1.95. The van der Waals surface area contributed by atoms with E-state index in [2.05, 4.69) is 39.5 Å². The van der Waals surface area contributed by atoms with Crippen LogP contribution in [0.15, 0.2) is 0 Å². The molecule has 110 valence electrons. The Labute approximate surface area is 132 Å². The molecule has 13 heteroatoms. The van der Waals surface area contributed by atoms with Gasteiger partial charge in [-0.25, -0.2) is 0 Å². The quantitative estimate of drug-likeness (QED) is 0.413. The van der Waals surface area contributed by atoms with E-state index in [0.717, 1.165) is 0 Å². The molecule has 0 aromatic rings. The molecule has 0 aromatic carbocycles. The van der Waals surface area contributed by atoms with Crippen LogP contribution in [0, 0.1) is 0 Å². The van der Waals surface area contributed by atoms with E-state index in [1.807, 2.05) is 0 Å². The van der Waals surface area contributed by atoms with E-state index in [9.17, 15) is 22.0 Å². The van der Waals surface area contributed by atoms with Crippen LogP contribution >= 0.6 is 81.2 Å². The first-order chi connectivity index (χ1) is 7.46. The Morgan fingerprint density at radius 2 is 1.00 bits per heavy atom.